The Labute approximate surface area is 185 Å². The Morgan fingerprint density at radius 3 is 2.28 bits per heavy atom. The third kappa shape index (κ3) is 5.41. The van der Waals surface area contributed by atoms with Gasteiger partial charge in [0.05, 0.1) is 26.8 Å². The van der Waals surface area contributed by atoms with Crippen molar-refractivity contribution in [3.8, 4) is 5.75 Å². The molecule has 0 aliphatic rings. The van der Waals surface area contributed by atoms with Crippen LogP contribution in [0.25, 0.3) is 0 Å². The van der Waals surface area contributed by atoms with Crippen LogP contribution in [-0.4, -0.2) is 25.9 Å². The first-order chi connectivity index (χ1) is 15.2. The fraction of sp³-hybridized carbons (Fsp3) is 0.136. The number of nitro groups is 1. The first-order valence-electron chi connectivity index (χ1n) is 9.52. The third-order valence-electron chi connectivity index (χ3n) is 4.67. The van der Waals surface area contributed by atoms with Crippen molar-refractivity contribution in [1.82, 2.24) is 0 Å². The van der Waals surface area contributed by atoms with E-state index in [0.717, 1.165) is 5.56 Å². The Kier molecular flexibility index (Phi) is 6.74. The summed E-state index contributed by atoms with van der Waals surface area (Å²) in [6, 6.07) is 17.0. The number of rotatable bonds is 8. The lowest BCUT2D eigenvalue weighted by molar-refractivity contribution is -0.385. The molecule has 0 aliphatic heterocycles. The fourth-order valence-corrected chi connectivity index (χ4v) is 4.03. The molecule has 0 saturated heterocycles. The second-order valence-corrected chi connectivity index (χ2v) is 8.62. The number of anilines is 2. The number of nitrogens with one attached hydrogen (secondary N) is 2. The molecule has 0 spiro atoms. The van der Waals surface area contributed by atoms with Gasteiger partial charge in [0.25, 0.3) is 21.6 Å². The Balaban J connectivity index is 1.61. The summed E-state index contributed by atoms with van der Waals surface area (Å²) in [5.74, 6) is -0.211. The van der Waals surface area contributed by atoms with Gasteiger partial charge in [0.2, 0.25) is 0 Å². The smallest absolute Gasteiger partial charge is 0.274 e. The average Bonchev–Trinajstić information content (AvgIpc) is 2.75. The van der Waals surface area contributed by atoms with Crippen LogP contribution in [0.2, 0.25) is 0 Å². The number of nitrogens with zero attached hydrogens (tertiary/aromatic N) is 1. The average molecular weight is 455 g/mol. The molecule has 0 bridgehead atoms. The molecule has 10 heteroatoms. The molecule has 9 nitrogen and oxygen atoms in total. The zero-order valence-electron chi connectivity index (χ0n) is 17.4. The van der Waals surface area contributed by atoms with Gasteiger partial charge in [-0.05, 0) is 55.8 Å². The highest BCUT2D eigenvalue weighted by Gasteiger charge is 2.17. The number of carbonyl (C=O) groups excluding carboxylic acids is 1. The molecule has 0 radical (unpaired) electrons. The quantitative estimate of drug-likeness (QED) is 0.390. The van der Waals surface area contributed by atoms with Gasteiger partial charge < -0.3 is 10.1 Å². The molecule has 166 valence electrons. The van der Waals surface area contributed by atoms with Crippen molar-refractivity contribution in [1.29, 1.82) is 0 Å². The minimum Gasteiger partial charge on any atom is -0.484 e. The van der Waals surface area contributed by atoms with E-state index in [2.05, 4.69) is 10.0 Å². The van der Waals surface area contributed by atoms with Gasteiger partial charge in [0.1, 0.15) is 5.75 Å². The molecule has 0 aliphatic carbocycles. The lowest BCUT2D eigenvalue weighted by atomic mass is 10.1. The van der Waals surface area contributed by atoms with Gasteiger partial charge in [-0.15, -0.1) is 0 Å². The summed E-state index contributed by atoms with van der Waals surface area (Å²) in [4.78, 5) is 22.7. The molecule has 0 heterocycles. The summed E-state index contributed by atoms with van der Waals surface area (Å²) in [6.45, 7) is 2.99. The number of benzene rings is 3. The van der Waals surface area contributed by atoms with Crippen LogP contribution in [0.1, 0.15) is 11.1 Å². The molecule has 2 N–H and O–H groups in total. The van der Waals surface area contributed by atoms with E-state index in [9.17, 15) is 23.3 Å². The second kappa shape index (κ2) is 9.48. The summed E-state index contributed by atoms with van der Waals surface area (Å²) in [5, 5.41) is 13.6. The van der Waals surface area contributed by atoms with Gasteiger partial charge in [-0.3, -0.25) is 19.6 Å². The van der Waals surface area contributed by atoms with Gasteiger partial charge in [0, 0.05) is 6.07 Å². The van der Waals surface area contributed by atoms with Crippen molar-refractivity contribution in [2.45, 2.75) is 18.7 Å². The largest absolute Gasteiger partial charge is 0.484 e. The van der Waals surface area contributed by atoms with Crippen molar-refractivity contribution in [2.24, 2.45) is 0 Å². The third-order valence-corrected chi connectivity index (χ3v) is 6.05. The highest BCUT2D eigenvalue weighted by molar-refractivity contribution is 7.92. The second-order valence-electron chi connectivity index (χ2n) is 6.94. The van der Waals surface area contributed by atoms with Crippen LogP contribution < -0.4 is 14.8 Å². The Bertz CT molecular complexity index is 1260. The molecule has 0 fully saturated rings. The lowest BCUT2D eigenvalue weighted by Crippen LogP contribution is -2.21. The van der Waals surface area contributed by atoms with Gasteiger partial charge in [-0.1, -0.05) is 24.3 Å². The first-order valence-corrected chi connectivity index (χ1v) is 11.0. The number of hydrogen-bond acceptors (Lipinski definition) is 6. The molecular weight excluding hydrogens is 434 g/mol. The van der Waals surface area contributed by atoms with Crippen molar-refractivity contribution in [3.05, 3.63) is 88.0 Å². The maximum absolute atomic E-state index is 12.6. The minimum absolute atomic E-state index is 0.0461. The summed E-state index contributed by atoms with van der Waals surface area (Å²) in [7, 11) is -3.78. The zero-order chi connectivity index (χ0) is 23.3. The monoisotopic (exact) mass is 455 g/mol. The molecule has 0 unspecified atom stereocenters. The van der Waals surface area contributed by atoms with E-state index >= 15 is 0 Å². The summed E-state index contributed by atoms with van der Waals surface area (Å²) in [5.41, 5.74) is 1.83. The molecule has 0 saturated carbocycles. The number of ether oxygens (including phenoxy) is 1. The van der Waals surface area contributed by atoms with Crippen LogP contribution in [0, 0.1) is 24.0 Å². The van der Waals surface area contributed by atoms with Crippen LogP contribution in [-0.2, 0) is 14.8 Å². The molecule has 0 aromatic heterocycles. The Morgan fingerprint density at radius 1 is 0.969 bits per heavy atom. The van der Waals surface area contributed by atoms with E-state index in [4.69, 9.17) is 4.74 Å². The summed E-state index contributed by atoms with van der Waals surface area (Å²) in [6.07, 6.45) is 0. The number of amides is 1. The van der Waals surface area contributed by atoms with Crippen molar-refractivity contribution in [3.63, 3.8) is 0 Å². The van der Waals surface area contributed by atoms with Crippen LogP contribution in [0.3, 0.4) is 0 Å². The van der Waals surface area contributed by atoms with Crippen molar-refractivity contribution >= 4 is 33.0 Å². The topological polar surface area (TPSA) is 128 Å². The van der Waals surface area contributed by atoms with Crippen LogP contribution in [0.15, 0.2) is 71.6 Å². The highest BCUT2D eigenvalue weighted by Crippen LogP contribution is 2.25. The van der Waals surface area contributed by atoms with E-state index in [1.165, 1.54) is 36.4 Å². The fourth-order valence-electron chi connectivity index (χ4n) is 2.90. The maximum Gasteiger partial charge on any atom is 0.274 e. The molecule has 3 rings (SSSR count). The van der Waals surface area contributed by atoms with Crippen molar-refractivity contribution < 1.29 is 22.9 Å². The number of carbonyl (C=O) groups is 1. The van der Waals surface area contributed by atoms with Gasteiger partial charge in [0.15, 0.2) is 6.61 Å². The standard InChI is InChI=1S/C22H21N3O6S/c1-15-6-3-4-7-19(15)24-32(29,30)18-12-10-17(11-13-18)31-14-22(26)23-20-8-5-9-21(16(20)2)25(27)28/h3-13,24H,14H2,1-2H3,(H,23,26). The summed E-state index contributed by atoms with van der Waals surface area (Å²) >= 11 is 0. The van der Waals surface area contributed by atoms with Crippen LogP contribution >= 0.6 is 0 Å². The van der Waals surface area contributed by atoms with Gasteiger partial charge >= 0.3 is 0 Å². The van der Waals surface area contributed by atoms with E-state index in [1.54, 1.807) is 38.1 Å². The summed E-state index contributed by atoms with van der Waals surface area (Å²) < 4.78 is 33.1. The minimum atomic E-state index is -3.78. The number of para-hydroxylation sites is 1. The predicted octanol–water partition coefficient (Wildman–Crippen LogP) is 4.03. The molecule has 1 amide bonds. The SMILES string of the molecule is Cc1ccccc1NS(=O)(=O)c1ccc(OCC(=O)Nc2cccc([N+](=O)[O-])c2C)cc1. The van der Waals surface area contributed by atoms with E-state index in [1.807, 2.05) is 6.07 Å². The van der Waals surface area contributed by atoms with E-state index < -0.39 is 20.9 Å². The zero-order valence-corrected chi connectivity index (χ0v) is 18.2. The van der Waals surface area contributed by atoms with Crippen LogP contribution in [0.4, 0.5) is 17.1 Å². The highest BCUT2D eigenvalue weighted by atomic mass is 32.2. The Hall–Kier alpha value is -3.92. The number of sulfonamides is 1. The Morgan fingerprint density at radius 2 is 1.62 bits per heavy atom. The lowest BCUT2D eigenvalue weighted by Gasteiger charge is -2.12. The van der Waals surface area contributed by atoms with E-state index in [0.29, 0.717) is 22.7 Å². The first kappa shape index (κ1) is 22.8. The normalized spacial score (nSPS) is 10.9. The number of aryl methyl sites for hydroxylation is 1. The molecular formula is C22H21N3O6S. The van der Waals surface area contributed by atoms with Gasteiger partial charge in [-0.25, -0.2) is 8.42 Å². The number of nitro benzene ring substituents is 1. The molecule has 32 heavy (non-hydrogen) atoms. The number of hydrogen-bond donors (Lipinski definition) is 2. The van der Waals surface area contributed by atoms with Gasteiger partial charge in [-0.2, -0.15) is 0 Å². The van der Waals surface area contributed by atoms with E-state index in [-0.39, 0.29) is 17.2 Å². The molecule has 3 aromatic carbocycles. The predicted molar refractivity (Wildman–Crippen MR) is 120 cm³/mol. The van der Waals surface area contributed by atoms with Crippen LogP contribution in [0.5, 0.6) is 5.75 Å². The maximum atomic E-state index is 12.6. The molecule has 3 aromatic rings. The van der Waals surface area contributed by atoms with Crippen molar-refractivity contribution in [2.75, 3.05) is 16.6 Å². The molecule has 0 atom stereocenters.